The molecule has 0 spiro atoms. The normalized spacial score (nSPS) is 30.3. The number of ketones is 1. The van der Waals surface area contributed by atoms with Crippen LogP contribution in [0.15, 0.2) is 24.3 Å². The summed E-state index contributed by atoms with van der Waals surface area (Å²) in [6.45, 7) is 4.12. The number of nitrogens with zero attached hydrogens (tertiary/aromatic N) is 2. The maximum absolute atomic E-state index is 13.4. The molecular formula is C25H34N2O5. The second-order valence-corrected chi connectivity index (χ2v) is 9.62. The molecule has 4 atom stereocenters. The maximum atomic E-state index is 13.4. The lowest BCUT2D eigenvalue weighted by Gasteiger charge is -2.46. The minimum atomic E-state index is -1.43. The number of amides is 1. The molecule has 3 aliphatic heterocycles. The van der Waals surface area contributed by atoms with Crippen molar-refractivity contribution in [3.05, 3.63) is 29.8 Å². The van der Waals surface area contributed by atoms with E-state index in [4.69, 9.17) is 9.47 Å². The zero-order valence-electron chi connectivity index (χ0n) is 19.3. The van der Waals surface area contributed by atoms with Gasteiger partial charge < -0.3 is 14.4 Å². The van der Waals surface area contributed by atoms with Crippen LogP contribution in [-0.2, 0) is 25.7 Å². The fourth-order valence-corrected chi connectivity index (χ4v) is 5.97. The molecule has 32 heavy (non-hydrogen) atoms. The number of benzene rings is 1. The number of ether oxygens (including phenoxy) is 2. The Hall–Kier alpha value is -2.41. The third kappa shape index (κ3) is 4.03. The first-order chi connectivity index (χ1) is 15.4. The Morgan fingerprint density at radius 1 is 1.19 bits per heavy atom. The van der Waals surface area contributed by atoms with Gasteiger partial charge in [0.15, 0.2) is 11.2 Å². The fraction of sp³-hybridized carbons (Fsp3) is 0.640. The molecule has 3 fully saturated rings. The number of Topliss-reactive ketones (excluding diaryl/α,β-unsaturated/α-hetero) is 1. The summed E-state index contributed by atoms with van der Waals surface area (Å²) in [7, 11) is 2.95. The monoisotopic (exact) mass is 442 g/mol. The minimum Gasteiger partial charge on any atom is -0.497 e. The van der Waals surface area contributed by atoms with E-state index in [0.29, 0.717) is 32.0 Å². The molecule has 0 N–H and O–H groups in total. The van der Waals surface area contributed by atoms with Crippen LogP contribution in [0.1, 0.15) is 51.0 Å². The third-order valence-electron chi connectivity index (χ3n) is 7.62. The topological polar surface area (TPSA) is 76.2 Å². The molecule has 3 aliphatic rings. The molecule has 1 aromatic rings. The zero-order chi connectivity index (χ0) is 22.9. The van der Waals surface area contributed by atoms with E-state index in [1.165, 1.54) is 7.11 Å². The van der Waals surface area contributed by atoms with Crippen molar-refractivity contribution in [2.24, 2.45) is 11.3 Å². The van der Waals surface area contributed by atoms with Crippen molar-refractivity contribution in [2.45, 2.75) is 64.1 Å². The van der Waals surface area contributed by atoms with E-state index in [1.807, 2.05) is 29.2 Å². The Morgan fingerprint density at radius 2 is 2.00 bits per heavy atom. The molecule has 1 aromatic carbocycles. The predicted molar refractivity (Wildman–Crippen MR) is 119 cm³/mol. The van der Waals surface area contributed by atoms with E-state index in [-0.39, 0.29) is 36.6 Å². The first-order valence-corrected chi connectivity index (χ1v) is 11.7. The highest BCUT2D eigenvalue weighted by Gasteiger charge is 2.62. The van der Waals surface area contributed by atoms with Crippen LogP contribution in [-0.4, -0.2) is 66.9 Å². The Morgan fingerprint density at radius 3 is 2.72 bits per heavy atom. The van der Waals surface area contributed by atoms with Gasteiger partial charge in [-0.2, -0.15) is 0 Å². The number of piperidine rings is 2. The van der Waals surface area contributed by atoms with Crippen LogP contribution in [0.25, 0.3) is 0 Å². The highest BCUT2D eigenvalue weighted by atomic mass is 16.5. The first kappa shape index (κ1) is 22.8. The summed E-state index contributed by atoms with van der Waals surface area (Å²) in [5, 5.41) is 0. The van der Waals surface area contributed by atoms with E-state index < -0.39 is 11.4 Å². The molecule has 3 saturated heterocycles. The number of rotatable bonds is 6. The van der Waals surface area contributed by atoms with E-state index in [9.17, 15) is 14.4 Å². The van der Waals surface area contributed by atoms with E-state index in [2.05, 4.69) is 11.8 Å². The molecule has 0 unspecified atom stereocenters. The molecule has 4 rings (SSSR count). The number of carbonyl (C=O) groups is 3. The third-order valence-corrected chi connectivity index (χ3v) is 7.62. The molecule has 0 aromatic heterocycles. The Labute approximate surface area is 190 Å². The van der Waals surface area contributed by atoms with Crippen molar-refractivity contribution >= 4 is 17.7 Å². The van der Waals surface area contributed by atoms with Crippen LogP contribution in [0.4, 0.5) is 0 Å². The average Bonchev–Trinajstić information content (AvgIpc) is 3.11. The summed E-state index contributed by atoms with van der Waals surface area (Å²) < 4.78 is 10.5. The molecular weight excluding hydrogens is 408 g/mol. The second kappa shape index (κ2) is 9.22. The number of carbonyl (C=O) groups excluding carboxylic acids is 3. The van der Waals surface area contributed by atoms with Crippen molar-refractivity contribution < 1.29 is 23.9 Å². The van der Waals surface area contributed by atoms with Crippen LogP contribution in [0.5, 0.6) is 5.75 Å². The first-order valence-electron chi connectivity index (χ1n) is 11.7. The van der Waals surface area contributed by atoms with Gasteiger partial charge in [-0.1, -0.05) is 19.1 Å². The highest BCUT2D eigenvalue weighted by Crippen LogP contribution is 2.48. The number of hydrogen-bond donors (Lipinski definition) is 0. The van der Waals surface area contributed by atoms with Crippen molar-refractivity contribution in [1.82, 2.24) is 9.80 Å². The van der Waals surface area contributed by atoms with E-state index >= 15 is 0 Å². The molecule has 3 heterocycles. The van der Waals surface area contributed by atoms with Crippen molar-refractivity contribution in [3.63, 3.8) is 0 Å². The average molecular weight is 443 g/mol. The van der Waals surface area contributed by atoms with E-state index in [1.54, 1.807) is 7.11 Å². The summed E-state index contributed by atoms with van der Waals surface area (Å²) in [6.07, 6.45) is 3.78. The Balaban J connectivity index is 1.63. The van der Waals surface area contributed by atoms with E-state index in [0.717, 1.165) is 30.6 Å². The Kier molecular flexibility index (Phi) is 6.56. The number of likely N-dealkylation sites (tertiary alicyclic amines) is 1. The van der Waals surface area contributed by atoms with Gasteiger partial charge in [-0.05, 0) is 49.3 Å². The Bertz CT molecular complexity index is 887. The summed E-state index contributed by atoms with van der Waals surface area (Å²) in [5.41, 5.74) is -0.371. The van der Waals surface area contributed by atoms with Gasteiger partial charge >= 0.3 is 5.97 Å². The fourth-order valence-electron chi connectivity index (χ4n) is 5.97. The van der Waals surface area contributed by atoms with Crippen LogP contribution in [0, 0.1) is 11.3 Å². The van der Waals surface area contributed by atoms with Crippen LogP contribution in [0.2, 0.25) is 0 Å². The van der Waals surface area contributed by atoms with Crippen LogP contribution in [0.3, 0.4) is 0 Å². The number of esters is 1. The van der Waals surface area contributed by atoms with Crippen molar-refractivity contribution in [3.8, 4) is 5.75 Å². The second-order valence-electron chi connectivity index (χ2n) is 9.62. The molecule has 0 saturated carbocycles. The lowest BCUT2D eigenvalue weighted by atomic mass is 9.69. The lowest BCUT2D eigenvalue weighted by Crippen LogP contribution is -2.61. The van der Waals surface area contributed by atoms with Gasteiger partial charge in [0, 0.05) is 38.1 Å². The quantitative estimate of drug-likeness (QED) is 0.498. The standard InChI is InChI=1S/C25H34N2O5/c1-17-6-5-11-26(15-17)23(29)14-25(24(30)32-3)21-10-9-19(13-22(25)28)27(21)16-18-7-4-8-20(12-18)31-2/h4,7-8,12,17,19,21H,5-6,9-11,13-16H2,1-3H3/t17-,19-,21+,25+/m1/s1. The van der Waals surface area contributed by atoms with Gasteiger partial charge in [0.2, 0.25) is 5.91 Å². The van der Waals surface area contributed by atoms with Gasteiger partial charge in [-0.15, -0.1) is 0 Å². The summed E-state index contributed by atoms with van der Waals surface area (Å²) in [4.78, 5) is 44.1. The minimum absolute atomic E-state index is 0.0848. The van der Waals surface area contributed by atoms with Gasteiger partial charge in [0.1, 0.15) is 5.75 Å². The van der Waals surface area contributed by atoms with Crippen LogP contribution < -0.4 is 4.74 Å². The lowest BCUT2D eigenvalue weighted by molar-refractivity contribution is -0.171. The number of hydrogen-bond acceptors (Lipinski definition) is 6. The predicted octanol–water partition coefficient (Wildman–Crippen LogP) is 2.81. The zero-order valence-corrected chi connectivity index (χ0v) is 19.3. The number of fused-ring (bicyclic) bond motifs is 2. The molecule has 7 heteroatoms. The van der Waals surface area contributed by atoms with Gasteiger partial charge in [0.25, 0.3) is 0 Å². The van der Waals surface area contributed by atoms with Crippen molar-refractivity contribution in [2.75, 3.05) is 27.3 Å². The number of methoxy groups -OCH3 is 2. The largest absolute Gasteiger partial charge is 0.497 e. The molecule has 7 nitrogen and oxygen atoms in total. The molecule has 0 aliphatic carbocycles. The smallest absolute Gasteiger partial charge is 0.321 e. The van der Waals surface area contributed by atoms with Crippen LogP contribution >= 0.6 is 0 Å². The summed E-state index contributed by atoms with van der Waals surface area (Å²) in [5.74, 6) is 0.391. The summed E-state index contributed by atoms with van der Waals surface area (Å²) >= 11 is 0. The SMILES string of the molecule is COC(=O)[C@]1(CC(=O)N2CCC[C@@H](C)C2)C(=O)C[C@H]2CC[C@@H]1N2Cc1cccc(OC)c1. The summed E-state index contributed by atoms with van der Waals surface area (Å²) in [6, 6.07) is 7.60. The maximum Gasteiger partial charge on any atom is 0.321 e. The molecule has 0 radical (unpaired) electrons. The highest BCUT2D eigenvalue weighted by molar-refractivity contribution is 6.08. The van der Waals surface area contributed by atoms with Gasteiger partial charge in [-0.3, -0.25) is 19.3 Å². The molecule has 174 valence electrons. The van der Waals surface area contributed by atoms with Gasteiger partial charge in [0.05, 0.1) is 20.6 Å². The van der Waals surface area contributed by atoms with Crippen molar-refractivity contribution in [1.29, 1.82) is 0 Å². The van der Waals surface area contributed by atoms with Gasteiger partial charge in [-0.25, -0.2) is 0 Å². The molecule has 2 bridgehead atoms. The molecule has 1 amide bonds.